The van der Waals surface area contributed by atoms with Gasteiger partial charge in [0.05, 0.1) is 53.8 Å². The highest BCUT2D eigenvalue weighted by Gasteiger charge is 2.34. The molecule has 1 aliphatic rings. The van der Waals surface area contributed by atoms with Crippen LogP contribution in [0.3, 0.4) is 0 Å². The highest BCUT2D eigenvalue weighted by Crippen LogP contribution is 2.39. The van der Waals surface area contributed by atoms with Crippen molar-refractivity contribution >= 4 is 62.5 Å². The van der Waals surface area contributed by atoms with E-state index >= 15 is 0 Å². The van der Waals surface area contributed by atoms with Crippen molar-refractivity contribution in [2.45, 2.75) is 33.4 Å². The van der Waals surface area contributed by atoms with Crippen LogP contribution in [0.25, 0.3) is 6.08 Å². The maximum atomic E-state index is 14.2. The molecule has 0 saturated heterocycles. The molecule has 1 atom stereocenters. The van der Waals surface area contributed by atoms with E-state index in [1.54, 1.807) is 69.5 Å². The third kappa shape index (κ3) is 7.23. The molecular weight excluding hydrogens is 731 g/mol. The maximum Gasteiger partial charge on any atom is 0.338 e. The van der Waals surface area contributed by atoms with Crippen LogP contribution in [0, 0.1) is 0 Å². The number of hydrogen-bond donors (Lipinski definition) is 0. The van der Waals surface area contributed by atoms with Crippen molar-refractivity contribution in [2.75, 3.05) is 27.4 Å². The van der Waals surface area contributed by atoms with Gasteiger partial charge in [0.15, 0.2) is 27.8 Å². The monoisotopic (exact) mass is 760 g/mol. The predicted octanol–water partition coefficient (Wildman–Crippen LogP) is 6.86. The summed E-state index contributed by atoms with van der Waals surface area (Å²) in [5.41, 5.74) is 2.48. The Morgan fingerprint density at radius 1 is 1.00 bits per heavy atom. The first-order valence-corrected chi connectivity index (χ1v) is 16.9. The number of rotatable bonds is 11. The molecule has 2 heterocycles. The molecule has 0 radical (unpaired) electrons. The number of carbonyl (C=O) groups is 1. The van der Waals surface area contributed by atoms with E-state index in [0.29, 0.717) is 70.3 Å². The van der Waals surface area contributed by atoms with Crippen LogP contribution < -0.4 is 33.8 Å². The van der Waals surface area contributed by atoms with E-state index in [0.717, 1.165) is 5.56 Å². The summed E-state index contributed by atoms with van der Waals surface area (Å²) in [5.74, 6) is 1.39. The quantitative estimate of drug-likeness (QED) is 0.154. The Morgan fingerprint density at radius 3 is 2.45 bits per heavy atom. The van der Waals surface area contributed by atoms with Crippen LogP contribution in [-0.2, 0) is 16.1 Å². The minimum atomic E-state index is -0.811. The van der Waals surface area contributed by atoms with Gasteiger partial charge in [0.2, 0.25) is 0 Å². The van der Waals surface area contributed by atoms with E-state index in [2.05, 4.69) is 20.9 Å². The normalized spacial score (nSPS) is 14.4. The van der Waals surface area contributed by atoms with Crippen molar-refractivity contribution in [3.8, 4) is 23.0 Å². The maximum absolute atomic E-state index is 14.2. The first-order chi connectivity index (χ1) is 22.6. The van der Waals surface area contributed by atoms with Crippen LogP contribution in [0.4, 0.5) is 0 Å². The number of benzene rings is 3. The lowest BCUT2D eigenvalue weighted by molar-refractivity contribution is -0.139. The molecule has 0 unspecified atom stereocenters. The number of aromatic nitrogens is 1. The van der Waals surface area contributed by atoms with Crippen molar-refractivity contribution in [2.24, 2.45) is 4.99 Å². The van der Waals surface area contributed by atoms with Crippen molar-refractivity contribution in [1.82, 2.24) is 4.57 Å². The topological polar surface area (TPSA) is 97.6 Å². The summed E-state index contributed by atoms with van der Waals surface area (Å²) in [6, 6.07) is 13.3. The lowest BCUT2D eigenvalue weighted by Gasteiger charge is -2.25. The molecule has 47 heavy (non-hydrogen) atoms. The molecule has 0 saturated carbocycles. The van der Waals surface area contributed by atoms with E-state index < -0.39 is 12.0 Å². The SMILES string of the molecule is CCOC(=O)C1=C(C)N=c2s/c(=C\c3cc(Br)c(OCc4ccc(Cl)cc4Cl)c(OC)c3)c(=O)n2[C@H]1c1ccc(OC)c(OCC)c1. The molecule has 13 heteroatoms. The van der Waals surface area contributed by atoms with E-state index in [1.165, 1.54) is 23.0 Å². The van der Waals surface area contributed by atoms with Crippen LogP contribution in [0.15, 0.2) is 74.1 Å². The number of hydrogen-bond acceptors (Lipinski definition) is 9. The van der Waals surface area contributed by atoms with Crippen LogP contribution >= 0.6 is 50.5 Å². The predicted molar refractivity (Wildman–Crippen MR) is 186 cm³/mol. The zero-order valence-corrected chi connectivity index (χ0v) is 30.1. The van der Waals surface area contributed by atoms with Crippen molar-refractivity contribution in [3.05, 3.63) is 111 Å². The number of halogens is 3. The lowest BCUT2D eigenvalue weighted by Crippen LogP contribution is -2.40. The number of thiazole rings is 1. The Labute approximate surface area is 293 Å². The highest BCUT2D eigenvalue weighted by atomic mass is 79.9. The summed E-state index contributed by atoms with van der Waals surface area (Å²) >= 11 is 17.2. The second kappa shape index (κ2) is 15.0. The Kier molecular flexibility index (Phi) is 11.0. The van der Waals surface area contributed by atoms with Crippen LogP contribution in [0.1, 0.15) is 43.5 Å². The molecule has 0 aliphatic carbocycles. The molecule has 0 N–H and O–H groups in total. The summed E-state index contributed by atoms with van der Waals surface area (Å²) in [4.78, 5) is 32.6. The number of nitrogens with zero attached hydrogens (tertiary/aromatic N) is 2. The van der Waals surface area contributed by atoms with Crippen molar-refractivity contribution in [1.29, 1.82) is 0 Å². The van der Waals surface area contributed by atoms with Gasteiger partial charge < -0.3 is 23.7 Å². The number of allylic oxidation sites excluding steroid dienone is 1. The van der Waals surface area contributed by atoms with Crippen LogP contribution in [0.5, 0.6) is 23.0 Å². The van der Waals surface area contributed by atoms with Gasteiger partial charge in [-0.2, -0.15) is 0 Å². The summed E-state index contributed by atoms with van der Waals surface area (Å²) in [6.45, 7) is 6.09. The van der Waals surface area contributed by atoms with Gasteiger partial charge in [-0.05, 0) is 90.3 Å². The third-order valence-corrected chi connectivity index (χ3v) is 9.42. The van der Waals surface area contributed by atoms with Gasteiger partial charge >= 0.3 is 5.97 Å². The van der Waals surface area contributed by atoms with Crippen LogP contribution in [-0.4, -0.2) is 38.0 Å². The second-order valence-electron chi connectivity index (χ2n) is 10.2. The molecule has 0 bridgehead atoms. The Hall–Kier alpha value is -3.77. The largest absolute Gasteiger partial charge is 0.493 e. The molecule has 0 fully saturated rings. The highest BCUT2D eigenvalue weighted by molar-refractivity contribution is 9.10. The zero-order chi connectivity index (χ0) is 33.8. The fourth-order valence-corrected chi connectivity index (χ4v) is 7.23. The van der Waals surface area contributed by atoms with Gasteiger partial charge in [0, 0.05) is 15.6 Å². The minimum Gasteiger partial charge on any atom is -0.493 e. The Balaban J connectivity index is 1.59. The Bertz CT molecular complexity index is 2060. The molecule has 0 amide bonds. The first-order valence-electron chi connectivity index (χ1n) is 14.5. The summed E-state index contributed by atoms with van der Waals surface area (Å²) in [7, 11) is 3.09. The number of carbonyl (C=O) groups excluding carboxylic acids is 1. The minimum absolute atomic E-state index is 0.169. The van der Waals surface area contributed by atoms with Gasteiger partial charge in [-0.25, -0.2) is 9.79 Å². The van der Waals surface area contributed by atoms with Gasteiger partial charge in [-0.1, -0.05) is 46.7 Å². The zero-order valence-electron chi connectivity index (χ0n) is 26.2. The number of fused-ring (bicyclic) bond motifs is 1. The van der Waals surface area contributed by atoms with E-state index in [1.807, 2.05) is 13.0 Å². The smallest absolute Gasteiger partial charge is 0.338 e. The number of esters is 1. The number of methoxy groups -OCH3 is 2. The standard InChI is InChI=1S/C34H31BrCl2N2O7S/c1-6-44-26-15-20(9-11-25(26)42-4)30-29(33(41)45-7-2)18(3)38-34-39(30)32(40)28(47-34)14-19-12-23(35)31(27(13-19)43-5)46-17-21-8-10-22(36)16-24(21)37/h8-16,30H,6-7,17H2,1-5H3/b28-14-/t30-/m0/s1. The summed E-state index contributed by atoms with van der Waals surface area (Å²) in [6.07, 6.45) is 1.75. The summed E-state index contributed by atoms with van der Waals surface area (Å²) in [5, 5.41) is 1.02. The van der Waals surface area contributed by atoms with Gasteiger partial charge in [-0.3, -0.25) is 9.36 Å². The molecule has 0 spiro atoms. The average Bonchev–Trinajstić information content (AvgIpc) is 3.34. The van der Waals surface area contributed by atoms with Crippen molar-refractivity contribution < 1.29 is 28.5 Å². The van der Waals surface area contributed by atoms with E-state index in [-0.39, 0.29) is 24.3 Å². The Morgan fingerprint density at radius 2 is 1.77 bits per heavy atom. The van der Waals surface area contributed by atoms with E-state index in [4.69, 9.17) is 46.9 Å². The van der Waals surface area contributed by atoms with Crippen LogP contribution in [0.2, 0.25) is 10.0 Å². The fraction of sp³-hybridized carbons (Fsp3) is 0.265. The molecule has 246 valence electrons. The molecular formula is C34H31BrCl2N2O7S. The average molecular weight is 763 g/mol. The molecule has 3 aromatic carbocycles. The molecule has 1 aromatic heterocycles. The van der Waals surface area contributed by atoms with Gasteiger partial charge in [0.25, 0.3) is 5.56 Å². The van der Waals surface area contributed by atoms with Crippen molar-refractivity contribution in [3.63, 3.8) is 0 Å². The fourth-order valence-electron chi connectivity index (χ4n) is 5.14. The lowest BCUT2D eigenvalue weighted by atomic mass is 9.95. The molecule has 1 aliphatic heterocycles. The second-order valence-corrected chi connectivity index (χ2v) is 12.9. The van der Waals surface area contributed by atoms with Gasteiger partial charge in [0.1, 0.15) is 6.61 Å². The summed E-state index contributed by atoms with van der Waals surface area (Å²) < 4.78 is 31.0. The van der Waals surface area contributed by atoms with Gasteiger partial charge in [-0.15, -0.1) is 0 Å². The molecule has 5 rings (SSSR count). The van der Waals surface area contributed by atoms with E-state index in [9.17, 15) is 9.59 Å². The number of ether oxygens (including phenoxy) is 5. The molecule has 4 aromatic rings. The first kappa shape index (κ1) is 34.6. The molecule has 9 nitrogen and oxygen atoms in total. The third-order valence-electron chi connectivity index (χ3n) is 7.26.